The molecule has 2 rings (SSSR count). The molecule has 2 fully saturated rings. The third-order valence-electron chi connectivity index (χ3n) is 3.34. The number of amides is 2. The lowest BCUT2D eigenvalue weighted by molar-refractivity contribution is -0.148. The second-order valence-electron chi connectivity index (χ2n) is 4.63. The highest BCUT2D eigenvalue weighted by Gasteiger charge is 2.37. The number of carbonyl (C=O) groups is 2. The summed E-state index contributed by atoms with van der Waals surface area (Å²) in [5, 5.41) is 2.70. The molecule has 0 spiro atoms. The van der Waals surface area contributed by atoms with Crippen molar-refractivity contribution in [1.82, 2.24) is 10.2 Å². The number of rotatable bonds is 2. The molecule has 2 aliphatic rings. The van der Waals surface area contributed by atoms with Gasteiger partial charge in [0.2, 0.25) is 11.8 Å². The summed E-state index contributed by atoms with van der Waals surface area (Å²) in [6.07, 6.45) is 1.16. The first-order valence-corrected chi connectivity index (χ1v) is 6.93. The SMILES string of the molecule is CC1NC(=O)C(C)N(CC2CCSC2)C1=O. The first-order valence-electron chi connectivity index (χ1n) is 5.78. The molecule has 2 saturated heterocycles. The zero-order chi connectivity index (χ0) is 11.7. The number of hydrogen-bond donors (Lipinski definition) is 1. The van der Waals surface area contributed by atoms with Crippen LogP contribution in [0, 0.1) is 5.92 Å². The van der Waals surface area contributed by atoms with E-state index >= 15 is 0 Å². The van der Waals surface area contributed by atoms with Gasteiger partial charge < -0.3 is 10.2 Å². The molecule has 0 bridgehead atoms. The molecule has 4 nitrogen and oxygen atoms in total. The van der Waals surface area contributed by atoms with Gasteiger partial charge in [-0.2, -0.15) is 11.8 Å². The zero-order valence-corrected chi connectivity index (χ0v) is 10.5. The van der Waals surface area contributed by atoms with Crippen LogP contribution in [-0.4, -0.2) is 46.8 Å². The van der Waals surface area contributed by atoms with Gasteiger partial charge in [0.15, 0.2) is 0 Å². The first-order chi connectivity index (χ1) is 7.59. The summed E-state index contributed by atoms with van der Waals surface area (Å²) in [6, 6.07) is -0.674. The van der Waals surface area contributed by atoms with Crippen molar-refractivity contribution in [3.8, 4) is 0 Å². The fourth-order valence-electron chi connectivity index (χ4n) is 2.23. The molecule has 2 amide bonds. The summed E-state index contributed by atoms with van der Waals surface area (Å²) in [4.78, 5) is 25.3. The molecule has 16 heavy (non-hydrogen) atoms. The minimum absolute atomic E-state index is 0.0299. The van der Waals surface area contributed by atoms with Gasteiger partial charge in [0.1, 0.15) is 12.1 Å². The van der Waals surface area contributed by atoms with Crippen molar-refractivity contribution in [3.63, 3.8) is 0 Å². The Balaban J connectivity index is 2.03. The highest BCUT2D eigenvalue weighted by molar-refractivity contribution is 7.99. The second-order valence-corrected chi connectivity index (χ2v) is 5.78. The van der Waals surface area contributed by atoms with E-state index in [9.17, 15) is 9.59 Å². The molecule has 0 radical (unpaired) electrons. The summed E-state index contributed by atoms with van der Waals surface area (Å²) >= 11 is 1.94. The molecule has 3 unspecified atom stereocenters. The molecule has 2 aliphatic heterocycles. The highest BCUT2D eigenvalue weighted by Crippen LogP contribution is 2.25. The van der Waals surface area contributed by atoms with Crippen LogP contribution in [0.3, 0.4) is 0 Å². The molecule has 2 heterocycles. The second kappa shape index (κ2) is 4.65. The van der Waals surface area contributed by atoms with Crippen LogP contribution in [0.15, 0.2) is 0 Å². The molecule has 0 aromatic rings. The van der Waals surface area contributed by atoms with E-state index in [4.69, 9.17) is 0 Å². The maximum atomic E-state index is 12.0. The Morgan fingerprint density at radius 3 is 2.81 bits per heavy atom. The lowest BCUT2D eigenvalue weighted by atomic mass is 10.0. The van der Waals surface area contributed by atoms with Gasteiger partial charge >= 0.3 is 0 Å². The Bertz CT molecular complexity index is 302. The van der Waals surface area contributed by atoms with Crippen molar-refractivity contribution < 1.29 is 9.59 Å². The Labute approximate surface area is 100 Å². The minimum atomic E-state index is -0.363. The molecule has 5 heteroatoms. The Morgan fingerprint density at radius 1 is 1.44 bits per heavy atom. The number of hydrogen-bond acceptors (Lipinski definition) is 3. The largest absolute Gasteiger partial charge is 0.343 e. The van der Waals surface area contributed by atoms with Gasteiger partial charge in [-0.05, 0) is 37.7 Å². The number of nitrogens with zero attached hydrogens (tertiary/aromatic N) is 1. The van der Waals surface area contributed by atoms with Crippen molar-refractivity contribution >= 4 is 23.6 Å². The van der Waals surface area contributed by atoms with Crippen LogP contribution in [0.5, 0.6) is 0 Å². The van der Waals surface area contributed by atoms with E-state index in [-0.39, 0.29) is 23.9 Å². The van der Waals surface area contributed by atoms with Crippen molar-refractivity contribution in [3.05, 3.63) is 0 Å². The predicted molar refractivity (Wildman–Crippen MR) is 64.2 cm³/mol. The van der Waals surface area contributed by atoms with E-state index < -0.39 is 0 Å². The fourth-order valence-corrected chi connectivity index (χ4v) is 3.50. The predicted octanol–water partition coefficient (Wildman–Crippen LogP) is 0.475. The zero-order valence-electron chi connectivity index (χ0n) is 9.73. The smallest absolute Gasteiger partial charge is 0.245 e. The van der Waals surface area contributed by atoms with Crippen molar-refractivity contribution in [1.29, 1.82) is 0 Å². The van der Waals surface area contributed by atoms with Crippen LogP contribution in [-0.2, 0) is 9.59 Å². The van der Waals surface area contributed by atoms with E-state index in [1.807, 2.05) is 11.8 Å². The number of piperazine rings is 1. The highest BCUT2D eigenvalue weighted by atomic mass is 32.2. The molecule has 0 aromatic heterocycles. The molecule has 0 aliphatic carbocycles. The topological polar surface area (TPSA) is 49.4 Å². The van der Waals surface area contributed by atoms with Gasteiger partial charge in [0, 0.05) is 6.54 Å². The maximum absolute atomic E-state index is 12.0. The van der Waals surface area contributed by atoms with E-state index in [0.29, 0.717) is 5.92 Å². The van der Waals surface area contributed by atoms with Crippen molar-refractivity contribution in [2.45, 2.75) is 32.4 Å². The Morgan fingerprint density at radius 2 is 2.19 bits per heavy atom. The average Bonchev–Trinajstić information content (AvgIpc) is 2.74. The molecule has 0 aromatic carbocycles. The summed E-state index contributed by atoms with van der Waals surface area (Å²) < 4.78 is 0. The molecular formula is C11H18N2O2S. The molecule has 0 saturated carbocycles. The van der Waals surface area contributed by atoms with E-state index in [0.717, 1.165) is 18.7 Å². The maximum Gasteiger partial charge on any atom is 0.245 e. The number of thioether (sulfide) groups is 1. The van der Waals surface area contributed by atoms with Gasteiger partial charge in [-0.15, -0.1) is 0 Å². The van der Waals surface area contributed by atoms with Crippen LogP contribution in [0.25, 0.3) is 0 Å². The molecule has 3 atom stereocenters. The van der Waals surface area contributed by atoms with Gasteiger partial charge in [0.25, 0.3) is 0 Å². The van der Waals surface area contributed by atoms with E-state index in [1.165, 1.54) is 5.75 Å². The summed E-state index contributed by atoms with van der Waals surface area (Å²) in [6.45, 7) is 4.30. The average molecular weight is 242 g/mol. The summed E-state index contributed by atoms with van der Waals surface area (Å²) in [5.74, 6) is 2.89. The van der Waals surface area contributed by atoms with Gasteiger partial charge in [-0.3, -0.25) is 9.59 Å². The quantitative estimate of drug-likeness (QED) is 0.766. The van der Waals surface area contributed by atoms with Gasteiger partial charge in [-0.25, -0.2) is 0 Å². The monoisotopic (exact) mass is 242 g/mol. The normalized spacial score (nSPS) is 35.4. The van der Waals surface area contributed by atoms with Crippen LogP contribution in [0.4, 0.5) is 0 Å². The van der Waals surface area contributed by atoms with Crippen molar-refractivity contribution in [2.24, 2.45) is 5.92 Å². The van der Waals surface area contributed by atoms with E-state index in [2.05, 4.69) is 5.32 Å². The van der Waals surface area contributed by atoms with E-state index in [1.54, 1.807) is 18.7 Å². The first kappa shape index (κ1) is 11.8. The van der Waals surface area contributed by atoms with Crippen LogP contribution in [0.1, 0.15) is 20.3 Å². The molecule has 1 N–H and O–H groups in total. The summed E-state index contributed by atoms with van der Waals surface area (Å²) in [5.41, 5.74) is 0. The molecular weight excluding hydrogens is 224 g/mol. The van der Waals surface area contributed by atoms with Crippen LogP contribution >= 0.6 is 11.8 Å². The van der Waals surface area contributed by atoms with Crippen LogP contribution in [0.2, 0.25) is 0 Å². The lowest BCUT2D eigenvalue weighted by Gasteiger charge is -2.37. The third kappa shape index (κ3) is 2.19. The Kier molecular flexibility index (Phi) is 3.42. The minimum Gasteiger partial charge on any atom is -0.343 e. The van der Waals surface area contributed by atoms with Gasteiger partial charge in [0.05, 0.1) is 0 Å². The molecule has 90 valence electrons. The number of carbonyl (C=O) groups excluding carboxylic acids is 2. The Hall–Kier alpha value is -0.710. The number of nitrogens with one attached hydrogen (secondary N) is 1. The summed E-state index contributed by atoms with van der Waals surface area (Å²) in [7, 11) is 0. The fraction of sp³-hybridized carbons (Fsp3) is 0.818. The lowest BCUT2D eigenvalue weighted by Crippen LogP contribution is -2.62. The van der Waals surface area contributed by atoms with Gasteiger partial charge in [-0.1, -0.05) is 0 Å². The standard InChI is InChI=1S/C11H18N2O2S/c1-7-11(15)13(8(2)10(14)12-7)5-9-3-4-16-6-9/h7-9H,3-6H2,1-2H3,(H,12,14). The van der Waals surface area contributed by atoms with Crippen molar-refractivity contribution in [2.75, 3.05) is 18.1 Å². The third-order valence-corrected chi connectivity index (χ3v) is 4.57. The van der Waals surface area contributed by atoms with Crippen LogP contribution < -0.4 is 5.32 Å².